The van der Waals surface area contributed by atoms with Crippen LogP contribution < -0.4 is 15.0 Å². The molecule has 0 aliphatic carbocycles. The second kappa shape index (κ2) is 10.7. The van der Waals surface area contributed by atoms with Gasteiger partial charge in [0.1, 0.15) is 5.76 Å². The van der Waals surface area contributed by atoms with Gasteiger partial charge in [-0.15, -0.1) is 0 Å². The molecule has 1 heterocycles. The van der Waals surface area contributed by atoms with Crippen LogP contribution >= 0.6 is 23.2 Å². The molecule has 3 aromatic carbocycles. The Morgan fingerprint density at radius 2 is 1.62 bits per heavy atom. The number of carbonyl (C=O) groups is 3. The van der Waals surface area contributed by atoms with E-state index in [2.05, 4.69) is 5.32 Å². The molecule has 37 heavy (non-hydrogen) atoms. The summed E-state index contributed by atoms with van der Waals surface area (Å²) in [6.45, 7) is 3.42. The average Bonchev–Trinajstić information content (AvgIpc) is 3.14. The van der Waals surface area contributed by atoms with E-state index in [1.807, 2.05) is 31.2 Å². The van der Waals surface area contributed by atoms with Gasteiger partial charge in [0.05, 0.1) is 28.8 Å². The highest BCUT2D eigenvalue weighted by Gasteiger charge is 2.47. The van der Waals surface area contributed by atoms with Crippen molar-refractivity contribution in [3.05, 3.63) is 93.0 Å². The Kier molecular flexibility index (Phi) is 7.57. The normalized spacial score (nSPS) is 16.7. The van der Waals surface area contributed by atoms with E-state index in [4.69, 9.17) is 27.9 Å². The minimum Gasteiger partial charge on any atom is -0.507 e. The molecule has 1 fully saturated rings. The van der Waals surface area contributed by atoms with Crippen LogP contribution in [-0.4, -0.2) is 29.8 Å². The molecule has 1 aliphatic rings. The molecule has 0 saturated carbocycles. The van der Waals surface area contributed by atoms with Crippen LogP contribution in [0.1, 0.15) is 36.6 Å². The molecular formula is C28H24Cl2N2O5. The van der Waals surface area contributed by atoms with Crippen molar-refractivity contribution in [2.24, 2.45) is 0 Å². The van der Waals surface area contributed by atoms with Crippen LogP contribution in [0.25, 0.3) is 5.76 Å². The standard InChI is InChI=1S/C28H24Cl2N2O5/c1-4-16-5-7-17(8-6-16)24-23(25(34)18-13-21(29)27(37-3)22(30)14-18)26(35)28(36)32(24)20-11-9-19(10-12-20)31-15(2)33/h5-14,24,34H,4H2,1-3H3,(H,31,33)/b25-23+. The first-order chi connectivity index (χ1) is 17.7. The van der Waals surface area contributed by atoms with Gasteiger partial charge >= 0.3 is 0 Å². The van der Waals surface area contributed by atoms with E-state index in [0.717, 1.165) is 12.0 Å². The lowest BCUT2D eigenvalue weighted by Gasteiger charge is -2.26. The third-order valence-electron chi connectivity index (χ3n) is 6.09. The maximum atomic E-state index is 13.4. The van der Waals surface area contributed by atoms with Gasteiger partial charge in [0, 0.05) is 23.9 Å². The predicted molar refractivity (Wildman–Crippen MR) is 144 cm³/mol. The molecule has 1 saturated heterocycles. The number of ether oxygens (including phenoxy) is 1. The summed E-state index contributed by atoms with van der Waals surface area (Å²) in [5, 5.41) is 14.3. The number of anilines is 2. The van der Waals surface area contributed by atoms with E-state index >= 15 is 0 Å². The summed E-state index contributed by atoms with van der Waals surface area (Å²) in [5.74, 6) is -2.07. The predicted octanol–water partition coefficient (Wildman–Crippen LogP) is 6.15. The van der Waals surface area contributed by atoms with Crippen molar-refractivity contribution >= 4 is 57.9 Å². The summed E-state index contributed by atoms with van der Waals surface area (Å²) in [4.78, 5) is 39.4. The van der Waals surface area contributed by atoms with Gasteiger partial charge in [-0.3, -0.25) is 19.3 Å². The van der Waals surface area contributed by atoms with Crippen molar-refractivity contribution in [2.45, 2.75) is 26.3 Å². The first kappa shape index (κ1) is 26.3. The third kappa shape index (κ3) is 5.05. The fourth-order valence-corrected chi connectivity index (χ4v) is 4.95. The van der Waals surface area contributed by atoms with Gasteiger partial charge in [-0.1, -0.05) is 54.4 Å². The number of aliphatic hydroxyl groups excluding tert-OH is 1. The Hall–Kier alpha value is -3.81. The lowest BCUT2D eigenvalue weighted by atomic mass is 9.94. The quantitative estimate of drug-likeness (QED) is 0.223. The zero-order chi connectivity index (χ0) is 26.9. The minimum atomic E-state index is -0.919. The number of benzene rings is 3. The summed E-state index contributed by atoms with van der Waals surface area (Å²) in [6, 6.07) is 15.9. The maximum absolute atomic E-state index is 13.4. The molecule has 3 aromatic rings. The lowest BCUT2D eigenvalue weighted by molar-refractivity contribution is -0.132. The van der Waals surface area contributed by atoms with E-state index in [-0.39, 0.29) is 32.8 Å². The van der Waals surface area contributed by atoms with Crippen molar-refractivity contribution in [1.29, 1.82) is 0 Å². The Labute approximate surface area is 224 Å². The summed E-state index contributed by atoms with van der Waals surface area (Å²) in [6.07, 6.45) is 0.813. The molecule has 7 nitrogen and oxygen atoms in total. The van der Waals surface area contributed by atoms with Crippen molar-refractivity contribution in [1.82, 2.24) is 0 Å². The van der Waals surface area contributed by atoms with Crippen LogP contribution in [0.2, 0.25) is 10.0 Å². The van der Waals surface area contributed by atoms with E-state index in [1.165, 1.54) is 31.1 Å². The first-order valence-corrected chi connectivity index (χ1v) is 12.2. The van der Waals surface area contributed by atoms with Crippen molar-refractivity contribution in [3.63, 3.8) is 0 Å². The van der Waals surface area contributed by atoms with Crippen molar-refractivity contribution in [3.8, 4) is 5.75 Å². The number of ketones is 1. The molecule has 1 atom stereocenters. The zero-order valence-corrected chi connectivity index (χ0v) is 21.9. The molecule has 0 spiro atoms. The number of hydrogen-bond acceptors (Lipinski definition) is 5. The van der Waals surface area contributed by atoms with Crippen LogP contribution in [0, 0.1) is 0 Å². The van der Waals surface area contributed by atoms with Crippen molar-refractivity contribution in [2.75, 3.05) is 17.3 Å². The number of nitrogens with zero attached hydrogens (tertiary/aromatic N) is 1. The third-order valence-corrected chi connectivity index (χ3v) is 6.65. The molecular weight excluding hydrogens is 515 g/mol. The Balaban J connectivity index is 1.90. The van der Waals surface area contributed by atoms with Crippen LogP contribution in [0.15, 0.2) is 66.2 Å². The topological polar surface area (TPSA) is 95.9 Å². The minimum absolute atomic E-state index is 0.0995. The van der Waals surface area contributed by atoms with Crippen LogP contribution in [-0.2, 0) is 20.8 Å². The van der Waals surface area contributed by atoms with E-state index in [0.29, 0.717) is 16.9 Å². The number of rotatable bonds is 6. The Bertz CT molecular complexity index is 1390. The number of methoxy groups -OCH3 is 1. The number of halogens is 2. The molecule has 190 valence electrons. The second-order valence-corrected chi connectivity index (χ2v) is 9.28. The van der Waals surface area contributed by atoms with Crippen molar-refractivity contribution < 1.29 is 24.2 Å². The number of carbonyl (C=O) groups excluding carboxylic acids is 3. The summed E-state index contributed by atoms with van der Waals surface area (Å²) in [7, 11) is 1.41. The molecule has 2 N–H and O–H groups in total. The Morgan fingerprint density at radius 3 is 2.14 bits per heavy atom. The highest BCUT2D eigenvalue weighted by molar-refractivity contribution is 6.51. The van der Waals surface area contributed by atoms with E-state index in [1.54, 1.807) is 24.3 Å². The number of hydrogen-bond donors (Lipinski definition) is 2. The van der Waals surface area contributed by atoms with Gasteiger partial charge < -0.3 is 15.2 Å². The molecule has 1 aliphatic heterocycles. The smallest absolute Gasteiger partial charge is 0.300 e. The molecule has 0 radical (unpaired) electrons. The molecule has 1 unspecified atom stereocenters. The molecule has 0 aromatic heterocycles. The molecule has 0 bridgehead atoms. The lowest BCUT2D eigenvalue weighted by Crippen LogP contribution is -2.29. The number of aryl methyl sites for hydroxylation is 1. The van der Waals surface area contributed by atoms with Gasteiger partial charge in [0.25, 0.3) is 11.7 Å². The zero-order valence-electron chi connectivity index (χ0n) is 20.3. The number of nitrogens with one attached hydrogen (secondary N) is 1. The Morgan fingerprint density at radius 1 is 1.03 bits per heavy atom. The average molecular weight is 539 g/mol. The van der Waals surface area contributed by atoms with Gasteiger partial charge in [0.15, 0.2) is 5.75 Å². The fourth-order valence-electron chi connectivity index (χ4n) is 4.31. The largest absolute Gasteiger partial charge is 0.507 e. The van der Waals surface area contributed by atoms with Crippen LogP contribution in [0.3, 0.4) is 0 Å². The fraction of sp³-hybridized carbons (Fsp3) is 0.179. The summed E-state index contributed by atoms with van der Waals surface area (Å²) in [5.41, 5.74) is 2.75. The molecule has 2 amide bonds. The molecule has 4 rings (SSSR count). The number of Topliss-reactive ketones (excluding diaryl/α,β-unsaturated/α-hetero) is 1. The van der Waals surface area contributed by atoms with Gasteiger partial charge in [-0.2, -0.15) is 0 Å². The molecule has 9 heteroatoms. The number of amides is 2. The monoisotopic (exact) mass is 538 g/mol. The highest BCUT2D eigenvalue weighted by Crippen LogP contribution is 2.44. The maximum Gasteiger partial charge on any atom is 0.300 e. The summed E-state index contributed by atoms with van der Waals surface area (Å²) >= 11 is 12.6. The van der Waals surface area contributed by atoms with E-state index < -0.39 is 23.5 Å². The first-order valence-electron chi connectivity index (χ1n) is 11.5. The van der Waals surface area contributed by atoms with Gasteiger partial charge in [-0.25, -0.2) is 0 Å². The van der Waals surface area contributed by atoms with Gasteiger partial charge in [-0.05, 0) is 53.9 Å². The van der Waals surface area contributed by atoms with E-state index in [9.17, 15) is 19.5 Å². The summed E-state index contributed by atoms with van der Waals surface area (Å²) < 4.78 is 5.18. The SMILES string of the molecule is CCc1ccc(C2/C(=C(\O)c3cc(Cl)c(OC)c(Cl)c3)C(=O)C(=O)N2c2ccc(NC(C)=O)cc2)cc1. The van der Waals surface area contributed by atoms with Crippen LogP contribution in [0.4, 0.5) is 11.4 Å². The van der Waals surface area contributed by atoms with Crippen LogP contribution in [0.5, 0.6) is 5.75 Å². The van der Waals surface area contributed by atoms with Gasteiger partial charge in [0.2, 0.25) is 5.91 Å². The number of aliphatic hydroxyl groups is 1. The second-order valence-electron chi connectivity index (χ2n) is 8.47. The highest BCUT2D eigenvalue weighted by atomic mass is 35.5.